The molecule has 3 aromatic heterocycles. The molecule has 0 saturated heterocycles. The number of nitrogens with one attached hydrogen (secondary N) is 1. The number of phosphoric ester groups is 1. The van der Waals surface area contributed by atoms with E-state index in [0.29, 0.717) is 12.3 Å². The van der Waals surface area contributed by atoms with E-state index >= 15 is 8.78 Å². The summed E-state index contributed by atoms with van der Waals surface area (Å²) in [6, 6.07) is 4.82. The Kier molecular flexibility index (Phi) is 15.4. The zero-order chi connectivity index (χ0) is 56.8. The van der Waals surface area contributed by atoms with Crippen LogP contribution in [0.2, 0.25) is 5.02 Å². The van der Waals surface area contributed by atoms with Crippen molar-refractivity contribution in [1.82, 2.24) is 29.9 Å². The van der Waals surface area contributed by atoms with Crippen LogP contribution in [0.15, 0.2) is 42.5 Å². The van der Waals surface area contributed by atoms with Crippen LogP contribution in [0.5, 0.6) is 0 Å². The summed E-state index contributed by atoms with van der Waals surface area (Å²) in [7, 11) is -14.0. The fraction of sp³-hybridized carbons (Fsp3) is 0.477. The van der Waals surface area contributed by atoms with Gasteiger partial charge in [0.25, 0.3) is 5.92 Å². The van der Waals surface area contributed by atoms with Gasteiger partial charge >= 0.3 is 26.3 Å². The van der Waals surface area contributed by atoms with Crippen molar-refractivity contribution in [2.75, 3.05) is 16.8 Å². The second-order valence-electron chi connectivity index (χ2n) is 19.0. The third-order valence-corrected chi connectivity index (χ3v) is 17.0. The van der Waals surface area contributed by atoms with Crippen LogP contribution in [0.3, 0.4) is 0 Å². The molecule has 32 heteroatoms. The first-order chi connectivity index (χ1) is 34.7. The summed E-state index contributed by atoms with van der Waals surface area (Å²) in [6.07, 6.45) is -15.6. The number of alkyl halides is 8. The summed E-state index contributed by atoms with van der Waals surface area (Å²) < 4.78 is 220. The van der Waals surface area contributed by atoms with E-state index < -0.39 is 174 Å². The fourth-order valence-electron chi connectivity index (χ4n) is 8.80. The summed E-state index contributed by atoms with van der Waals surface area (Å²) in [4.78, 5) is 51.2. The highest BCUT2D eigenvalue weighted by Gasteiger charge is 2.68. The van der Waals surface area contributed by atoms with Crippen molar-refractivity contribution >= 4 is 68.0 Å². The number of aryl methyl sites for hydroxylation is 1. The molecular weight excluding hydrogens is 1120 g/mol. The first kappa shape index (κ1) is 58.3. The largest absolute Gasteiger partial charge is 0.469 e. The van der Waals surface area contributed by atoms with Crippen LogP contribution in [0.4, 0.5) is 54.5 Å². The van der Waals surface area contributed by atoms with E-state index in [4.69, 9.17) is 16.3 Å². The van der Waals surface area contributed by atoms with Crippen LogP contribution in [0.25, 0.3) is 22.0 Å². The molecule has 1 fully saturated rings. The lowest BCUT2D eigenvalue weighted by molar-refractivity contribution is -0.143. The van der Waals surface area contributed by atoms with Crippen LogP contribution in [0.1, 0.15) is 86.4 Å². The molecule has 416 valence electrons. The minimum absolute atomic E-state index is 0.00509. The third-order valence-electron chi connectivity index (χ3n) is 12.9. The number of nitrogens with zero attached hydrogens (tertiary/aromatic N) is 6. The Morgan fingerprint density at radius 2 is 1.57 bits per heavy atom. The molecule has 7 rings (SSSR count). The Labute approximate surface area is 430 Å². The number of carbonyl (C=O) groups is 2. The second kappa shape index (κ2) is 20.1. The van der Waals surface area contributed by atoms with Crippen LogP contribution in [-0.2, 0) is 76.5 Å². The number of phosphoric acid groups is 1. The van der Waals surface area contributed by atoms with Gasteiger partial charge in [0.15, 0.2) is 21.3 Å². The highest BCUT2D eigenvalue weighted by Crippen LogP contribution is 2.68. The van der Waals surface area contributed by atoms with Crippen molar-refractivity contribution in [2.24, 2.45) is 5.92 Å². The molecule has 1 saturated carbocycles. The summed E-state index contributed by atoms with van der Waals surface area (Å²) in [6.45, 7) is 1.44. The molecular formula is C44H45ClF10N7O11PS2. The molecule has 3 N–H and O–H groups in total. The van der Waals surface area contributed by atoms with Crippen molar-refractivity contribution in [2.45, 2.75) is 114 Å². The molecule has 0 bridgehead atoms. The predicted molar refractivity (Wildman–Crippen MR) is 250 cm³/mol. The van der Waals surface area contributed by atoms with Crippen LogP contribution < -0.4 is 9.62 Å². The van der Waals surface area contributed by atoms with Gasteiger partial charge in [0, 0.05) is 40.6 Å². The summed E-state index contributed by atoms with van der Waals surface area (Å²) in [5, 5.41) is 8.40. The standard InChI is InChI=1S/C44H45ClF10N7O11PS2/c1-20(21(2)73-74(65,66)67)72-40(64)62(76(6,70)71)39-34-30(45)10-9-27(36(34)61(59-39)19-42(48,49)50)26-8-7-25(11-12-41(3,4)75(5,68)69)56-35(26)31(15-22-13-23(46)16-24(47)14-22)57-32(63)18-60-38-33(37(58-60)44(53,54)55)28-17-29(28)43(38,51)52/h7-10,13-14,16,20-21,28-29,31H,11-12,15,17-19H2,1-6H3,(H,57,63)(H2,65,66,67)/t20-,21-,28-,29?,31-/m0/s1. The van der Waals surface area contributed by atoms with Gasteiger partial charge in [0.05, 0.1) is 38.7 Å². The van der Waals surface area contributed by atoms with Crippen molar-refractivity contribution in [1.29, 1.82) is 0 Å². The number of sulfone groups is 1. The molecule has 2 aromatic carbocycles. The Bertz CT molecular complexity index is 3410. The van der Waals surface area contributed by atoms with Crippen molar-refractivity contribution in [3.05, 3.63) is 93.0 Å². The first-order valence-corrected chi connectivity index (χ1v) is 28.0. The molecule has 2 aliphatic rings. The molecule has 0 radical (unpaired) electrons. The summed E-state index contributed by atoms with van der Waals surface area (Å²) >= 11 is 6.63. The minimum Gasteiger partial charge on any atom is -0.443 e. The van der Waals surface area contributed by atoms with E-state index in [-0.39, 0.29) is 49.8 Å². The number of anilines is 1. The normalized spacial score (nSPS) is 18.0. The first-order valence-electron chi connectivity index (χ1n) is 22.4. The number of rotatable bonds is 18. The van der Waals surface area contributed by atoms with Gasteiger partial charge in [0.1, 0.15) is 42.6 Å². The van der Waals surface area contributed by atoms with E-state index in [2.05, 4.69) is 25.0 Å². The quantitative estimate of drug-likeness (QED) is 0.0549. The number of aromatic nitrogens is 5. The Morgan fingerprint density at radius 3 is 2.13 bits per heavy atom. The maximum Gasteiger partial charge on any atom is 0.469 e. The van der Waals surface area contributed by atoms with E-state index in [1.807, 2.05) is 0 Å². The minimum atomic E-state index is -5.24. The van der Waals surface area contributed by atoms with Gasteiger partial charge in [-0.3, -0.25) is 23.7 Å². The maximum absolute atomic E-state index is 15.6. The van der Waals surface area contributed by atoms with Crippen molar-refractivity contribution < 1.29 is 93.9 Å². The van der Waals surface area contributed by atoms with Crippen molar-refractivity contribution in [3.63, 3.8) is 0 Å². The number of hydrogen-bond donors (Lipinski definition) is 3. The number of carbonyl (C=O) groups excluding carboxylic acids is 2. The fourth-order valence-corrected chi connectivity index (χ4v) is 10.9. The van der Waals surface area contributed by atoms with E-state index in [1.54, 1.807) is 0 Å². The highest BCUT2D eigenvalue weighted by atomic mass is 35.5. The SMILES string of the molecule is C[C@H](OC(=O)N(c1nn(CC(F)(F)F)c2c(-c3ccc(CCC(C)(C)S(C)(=O)=O)nc3[C@H](Cc3cc(F)cc(F)c3)NC(=O)Cn3nc(C(F)(F)F)c4c3C(F)(F)C3C[C@H]43)ccc(Cl)c12)S(C)(=O)=O)[C@H](C)OP(=O)(O)O. The number of hydrogen-bond acceptors (Lipinski definition) is 12. The smallest absolute Gasteiger partial charge is 0.443 e. The number of benzene rings is 2. The Morgan fingerprint density at radius 1 is 0.947 bits per heavy atom. The molecule has 76 heavy (non-hydrogen) atoms. The predicted octanol–water partition coefficient (Wildman–Crippen LogP) is 8.66. The van der Waals surface area contributed by atoms with Gasteiger partial charge in [-0.25, -0.2) is 35.0 Å². The average molecular weight is 1170 g/mol. The molecule has 18 nitrogen and oxygen atoms in total. The van der Waals surface area contributed by atoms with Gasteiger partial charge in [-0.1, -0.05) is 23.7 Å². The van der Waals surface area contributed by atoms with Gasteiger partial charge in [-0.15, -0.1) is 0 Å². The van der Waals surface area contributed by atoms with Gasteiger partial charge in [-0.2, -0.15) is 49.6 Å². The van der Waals surface area contributed by atoms with Crippen LogP contribution in [0, 0.1) is 17.6 Å². The van der Waals surface area contributed by atoms with E-state index in [0.717, 1.165) is 44.4 Å². The third kappa shape index (κ3) is 12.3. The lowest BCUT2D eigenvalue weighted by atomic mass is 9.93. The van der Waals surface area contributed by atoms with E-state index in [1.165, 1.54) is 26.0 Å². The van der Waals surface area contributed by atoms with E-state index in [9.17, 15) is 75.9 Å². The number of fused-ring (bicyclic) bond motifs is 4. The Balaban J connectivity index is 1.45. The maximum atomic E-state index is 15.6. The molecule has 3 heterocycles. The molecule has 5 atom stereocenters. The van der Waals surface area contributed by atoms with Crippen LogP contribution in [-0.4, -0.2) is 98.8 Å². The van der Waals surface area contributed by atoms with Gasteiger partial charge in [-0.05, 0) is 89.1 Å². The molecule has 1 unspecified atom stereocenters. The molecule has 0 aliphatic heterocycles. The number of ether oxygens (including phenoxy) is 1. The average Bonchev–Trinajstić information content (AvgIpc) is 3.76. The molecule has 0 spiro atoms. The summed E-state index contributed by atoms with van der Waals surface area (Å²) in [5.41, 5.74) is -5.73. The molecule has 5 aromatic rings. The lowest BCUT2D eigenvalue weighted by Gasteiger charge is -2.25. The molecule has 2 amide bonds. The monoisotopic (exact) mass is 1170 g/mol. The van der Waals surface area contributed by atoms with Gasteiger partial charge < -0.3 is 19.8 Å². The zero-order valence-electron chi connectivity index (χ0n) is 40.3. The number of sulfonamides is 1. The lowest BCUT2D eigenvalue weighted by Crippen LogP contribution is -2.41. The summed E-state index contributed by atoms with van der Waals surface area (Å²) in [5.74, 6) is -11.4. The topological polar surface area (TPSA) is 242 Å². The van der Waals surface area contributed by atoms with Crippen LogP contribution >= 0.6 is 19.4 Å². The van der Waals surface area contributed by atoms with Gasteiger partial charge in [0.2, 0.25) is 15.9 Å². The number of halogens is 11. The Hall–Kier alpha value is -5.39. The second-order valence-corrected chi connectivity index (χ2v) is 25.1. The molecule has 2 aliphatic carbocycles. The van der Waals surface area contributed by atoms with Crippen molar-refractivity contribution in [3.8, 4) is 11.1 Å². The number of pyridine rings is 1. The zero-order valence-corrected chi connectivity index (χ0v) is 43.6. The number of amides is 2. The highest BCUT2D eigenvalue weighted by molar-refractivity contribution is 7.92.